The molecule has 2 N–H and O–H groups in total. The number of benzene rings is 2. The van der Waals surface area contributed by atoms with E-state index >= 15 is 0 Å². The van der Waals surface area contributed by atoms with Gasteiger partial charge in [0.1, 0.15) is 17.5 Å². The molecule has 2 aliphatic heterocycles. The molecule has 8 heteroatoms. The van der Waals surface area contributed by atoms with E-state index in [4.69, 9.17) is 11.2 Å². The molecule has 4 amide bonds. The van der Waals surface area contributed by atoms with E-state index in [2.05, 4.69) is 16.6 Å². The number of amides is 4. The highest BCUT2D eigenvalue weighted by Gasteiger charge is 2.47. The van der Waals surface area contributed by atoms with Gasteiger partial charge in [-0.3, -0.25) is 14.5 Å². The number of terminal acetylenes is 1. The standard InChI is InChI=1S/C28H30N4O4/c1-5-15-29-26(33)25(18(3)4)32-17-22-23(27(32)34)24(30-28(35)31(22)6-2)19-11-10-14-21(16-19)36-20-12-8-7-9-13-20/h1,7-14,16,18,24-25H,6,15,17H2,2-4H3,(H,29,33)(H,30,35)/t24-,25-/m1/s1. The highest BCUT2D eigenvalue weighted by atomic mass is 16.5. The van der Waals surface area contributed by atoms with Crippen LogP contribution in [0.15, 0.2) is 65.9 Å². The van der Waals surface area contributed by atoms with Gasteiger partial charge in [-0.25, -0.2) is 4.79 Å². The van der Waals surface area contributed by atoms with Crippen LogP contribution in [-0.4, -0.2) is 53.3 Å². The van der Waals surface area contributed by atoms with E-state index in [1.807, 2.05) is 75.4 Å². The Kier molecular flexibility index (Phi) is 7.30. The zero-order valence-electron chi connectivity index (χ0n) is 20.7. The van der Waals surface area contributed by atoms with Crippen LogP contribution >= 0.6 is 0 Å². The van der Waals surface area contributed by atoms with Crippen LogP contribution in [0.2, 0.25) is 0 Å². The summed E-state index contributed by atoms with van der Waals surface area (Å²) in [6.07, 6.45) is 5.31. The first-order chi connectivity index (χ1) is 17.3. The third-order valence-corrected chi connectivity index (χ3v) is 6.34. The maximum Gasteiger partial charge on any atom is 0.322 e. The molecule has 36 heavy (non-hydrogen) atoms. The normalized spacial score (nSPS) is 18.0. The maximum atomic E-state index is 13.8. The molecule has 2 aromatic carbocycles. The molecule has 0 saturated heterocycles. The number of para-hydroxylation sites is 1. The van der Waals surface area contributed by atoms with E-state index in [9.17, 15) is 14.4 Å². The molecule has 0 unspecified atom stereocenters. The third kappa shape index (κ3) is 4.78. The number of urea groups is 1. The largest absolute Gasteiger partial charge is 0.457 e. The number of ether oxygens (including phenoxy) is 1. The molecule has 0 aromatic heterocycles. The second kappa shape index (κ2) is 10.6. The summed E-state index contributed by atoms with van der Waals surface area (Å²) in [5, 5.41) is 5.68. The Labute approximate surface area is 211 Å². The van der Waals surface area contributed by atoms with E-state index < -0.39 is 12.1 Å². The Morgan fingerprint density at radius 1 is 1.17 bits per heavy atom. The molecular weight excluding hydrogens is 456 g/mol. The van der Waals surface area contributed by atoms with Gasteiger partial charge in [-0.05, 0) is 42.7 Å². The Morgan fingerprint density at radius 3 is 2.56 bits per heavy atom. The van der Waals surface area contributed by atoms with Gasteiger partial charge < -0.3 is 20.3 Å². The van der Waals surface area contributed by atoms with Gasteiger partial charge in [-0.15, -0.1) is 6.42 Å². The molecule has 186 valence electrons. The summed E-state index contributed by atoms with van der Waals surface area (Å²) < 4.78 is 5.97. The lowest BCUT2D eigenvalue weighted by atomic mass is 9.95. The molecule has 2 atom stereocenters. The Hall–Kier alpha value is -4.25. The number of nitrogens with zero attached hydrogens (tertiary/aromatic N) is 2. The van der Waals surface area contributed by atoms with E-state index in [0.717, 1.165) is 0 Å². The molecule has 0 radical (unpaired) electrons. The molecule has 0 bridgehead atoms. The van der Waals surface area contributed by atoms with Gasteiger partial charge in [-0.2, -0.15) is 0 Å². The molecule has 2 heterocycles. The van der Waals surface area contributed by atoms with Crippen LogP contribution in [0.3, 0.4) is 0 Å². The zero-order valence-corrected chi connectivity index (χ0v) is 20.7. The summed E-state index contributed by atoms with van der Waals surface area (Å²) in [5.74, 6) is 2.91. The van der Waals surface area contributed by atoms with Crippen molar-refractivity contribution in [3.8, 4) is 23.8 Å². The quantitative estimate of drug-likeness (QED) is 0.560. The van der Waals surface area contributed by atoms with Crippen molar-refractivity contribution in [2.45, 2.75) is 32.9 Å². The lowest BCUT2D eigenvalue weighted by Crippen LogP contribution is -2.51. The average Bonchev–Trinajstić information content (AvgIpc) is 3.19. The highest BCUT2D eigenvalue weighted by Crippen LogP contribution is 2.38. The summed E-state index contributed by atoms with van der Waals surface area (Å²) in [4.78, 5) is 42.9. The molecule has 0 saturated carbocycles. The van der Waals surface area contributed by atoms with Crippen LogP contribution in [0.1, 0.15) is 32.4 Å². The van der Waals surface area contributed by atoms with E-state index in [1.165, 1.54) is 0 Å². The molecule has 4 rings (SSSR count). The fourth-order valence-corrected chi connectivity index (χ4v) is 4.75. The number of carbonyl (C=O) groups is 3. The first kappa shape index (κ1) is 24.9. The second-order valence-corrected chi connectivity index (χ2v) is 9.02. The number of carbonyl (C=O) groups excluding carboxylic acids is 3. The predicted molar refractivity (Wildman–Crippen MR) is 136 cm³/mol. The van der Waals surface area contributed by atoms with Crippen LogP contribution in [-0.2, 0) is 9.59 Å². The fraction of sp³-hybridized carbons (Fsp3) is 0.321. The van der Waals surface area contributed by atoms with Crippen molar-refractivity contribution in [1.29, 1.82) is 0 Å². The number of rotatable bonds is 8. The Morgan fingerprint density at radius 2 is 1.89 bits per heavy atom. The molecule has 2 aliphatic rings. The lowest BCUT2D eigenvalue weighted by Gasteiger charge is -2.33. The van der Waals surface area contributed by atoms with Crippen LogP contribution in [0.4, 0.5) is 4.79 Å². The van der Waals surface area contributed by atoms with Crippen molar-refractivity contribution in [3.05, 3.63) is 71.4 Å². The minimum absolute atomic E-state index is 0.0786. The topological polar surface area (TPSA) is 91.0 Å². The summed E-state index contributed by atoms with van der Waals surface area (Å²) in [6, 6.07) is 15.0. The number of likely N-dealkylation sites (N-methyl/N-ethyl adjacent to an activating group) is 1. The molecule has 0 spiro atoms. The lowest BCUT2D eigenvalue weighted by molar-refractivity contribution is -0.138. The van der Waals surface area contributed by atoms with Crippen molar-refractivity contribution in [2.24, 2.45) is 5.92 Å². The first-order valence-corrected chi connectivity index (χ1v) is 12.0. The van der Waals surface area contributed by atoms with Crippen LogP contribution in [0.25, 0.3) is 0 Å². The number of hydrogen-bond donors (Lipinski definition) is 2. The summed E-state index contributed by atoms with van der Waals surface area (Å²) >= 11 is 0. The van der Waals surface area contributed by atoms with Gasteiger partial charge in [0, 0.05) is 6.54 Å². The van der Waals surface area contributed by atoms with Crippen molar-refractivity contribution in [3.63, 3.8) is 0 Å². The fourth-order valence-electron chi connectivity index (χ4n) is 4.75. The monoisotopic (exact) mass is 486 g/mol. The van der Waals surface area contributed by atoms with E-state index in [-0.39, 0.29) is 36.9 Å². The van der Waals surface area contributed by atoms with Crippen LogP contribution in [0.5, 0.6) is 11.5 Å². The average molecular weight is 487 g/mol. The van der Waals surface area contributed by atoms with Gasteiger partial charge in [0.25, 0.3) is 5.91 Å². The number of nitrogens with one attached hydrogen (secondary N) is 2. The second-order valence-electron chi connectivity index (χ2n) is 9.02. The third-order valence-electron chi connectivity index (χ3n) is 6.34. The molecular formula is C28H30N4O4. The highest BCUT2D eigenvalue weighted by molar-refractivity contribution is 6.03. The van der Waals surface area contributed by atoms with Gasteiger partial charge >= 0.3 is 6.03 Å². The minimum Gasteiger partial charge on any atom is -0.457 e. The minimum atomic E-state index is -0.723. The Bertz CT molecular complexity index is 1230. The van der Waals surface area contributed by atoms with Gasteiger partial charge in [0.2, 0.25) is 5.91 Å². The molecule has 8 nitrogen and oxygen atoms in total. The van der Waals surface area contributed by atoms with Gasteiger partial charge in [0.05, 0.1) is 30.4 Å². The Balaban J connectivity index is 1.69. The van der Waals surface area contributed by atoms with Gasteiger partial charge in [-0.1, -0.05) is 50.1 Å². The first-order valence-electron chi connectivity index (χ1n) is 12.0. The number of hydrogen-bond acceptors (Lipinski definition) is 4. The smallest absolute Gasteiger partial charge is 0.322 e. The van der Waals surface area contributed by atoms with E-state index in [1.54, 1.807) is 9.80 Å². The van der Waals surface area contributed by atoms with Crippen molar-refractivity contribution < 1.29 is 19.1 Å². The van der Waals surface area contributed by atoms with Crippen LogP contribution < -0.4 is 15.4 Å². The van der Waals surface area contributed by atoms with E-state index in [0.29, 0.717) is 34.9 Å². The predicted octanol–water partition coefficient (Wildman–Crippen LogP) is 3.44. The van der Waals surface area contributed by atoms with Crippen molar-refractivity contribution >= 4 is 17.8 Å². The van der Waals surface area contributed by atoms with Gasteiger partial charge in [0.15, 0.2) is 0 Å². The molecule has 2 aromatic rings. The van der Waals surface area contributed by atoms with Crippen molar-refractivity contribution in [2.75, 3.05) is 19.6 Å². The maximum absolute atomic E-state index is 13.8. The zero-order chi connectivity index (χ0) is 25.8. The SMILES string of the molecule is C#CCNC(=O)[C@@H](C(C)C)N1CC2=C(C1=O)[C@@H](c1cccc(Oc3ccccc3)c1)NC(=O)N2CC. The summed E-state index contributed by atoms with van der Waals surface area (Å²) in [5.41, 5.74) is 1.79. The van der Waals surface area contributed by atoms with Crippen molar-refractivity contribution in [1.82, 2.24) is 20.4 Å². The summed E-state index contributed by atoms with van der Waals surface area (Å²) in [6.45, 7) is 6.26. The van der Waals surface area contributed by atoms with Crippen LogP contribution in [0, 0.1) is 18.3 Å². The summed E-state index contributed by atoms with van der Waals surface area (Å²) in [7, 11) is 0. The molecule has 0 fully saturated rings. The molecule has 0 aliphatic carbocycles.